The van der Waals surface area contributed by atoms with Crippen LogP contribution in [0.4, 0.5) is 5.69 Å². The molecule has 2 aromatic rings. The molecule has 1 aromatic heterocycles. The van der Waals surface area contributed by atoms with Crippen LogP contribution in [-0.2, 0) is 0 Å². The first-order valence-corrected chi connectivity index (χ1v) is 4.20. The van der Waals surface area contributed by atoms with E-state index in [1.54, 1.807) is 6.92 Å². The number of benzene rings is 1. The number of furan rings is 1. The Bertz CT molecular complexity index is 500. The van der Waals surface area contributed by atoms with Crippen LogP contribution in [0.2, 0.25) is 0 Å². The summed E-state index contributed by atoms with van der Waals surface area (Å²) in [6, 6.07) is 7.42. The van der Waals surface area contributed by atoms with Gasteiger partial charge in [-0.05, 0) is 19.1 Å². The number of hydrogen-bond acceptors (Lipinski definition) is 4. The average Bonchev–Trinajstić information content (AvgIpc) is 2.56. The zero-order chi connectivity index (χ0) is 10.1. The Morgan fingerprint density at radius 3 is 2.79 bits per heavy atom. The van der Waals surface area contributed by atoms with Crippen LogP contribution in [0, 0.1) is 0 Å². The highest BCUT2D eigenvalue weighted by Crippen LogP contribution is 2.28. The molecule has 0 saturated heterocycles. The van der Waals surface area contributed by atoms with Gasteiger partial charge in [0.1, 0.15) is 11.3 Å². The lowest BCUT2D eigenvalue weighted by Crippen LogP contribution is -1.96. The van der Waals surface area contributed by atoms with Crippen molar-refractivity contribution >= 4 is 22.4 Å². The summed E-state index contributed by atoms with van der Waals surface area (Å²) in [5.74, 6) is 0.425. The molecule has 0 amide bonds. The van der Waals surface area contributed by atoms with E-state index in [2.05, 4.69) is 5.16 Å². The number of rotatable bonds is 1. The van der Waals surface area contributed by atoms with Crippen LogP contribution in [0.1, 0.15) is 12.7 Å². The van der Waals surface area contributed by atoms with Crippen molar-refractivity contribution in [2.24, 2.45) is 5.16 Å². The predicted molar refractivity (Wildman–Crippen MR) is 54.6 cm³/mol. The SMILES string of the molecule is C/C(=N\O)c1oc2ccccc2c1N. The minimum absolute atomic E-state index is 0.374. The van der Waals surface area contributed by atoms with Gasteiger partial charge in [-0.15, -0.1) is 0 Å². The van der Waals surface area contributed by atoms with E-state index in [1.807, 2.05) is 24.3 Å². The zero-order valence-electron chi connectivity index (χ0n) is 7.69. The lowest BCUT2D eigenvalue weighted by molar-refractivity contribution is 0.318. The average molecular weight is 190 g/mol. The van der Waals surface area contributed by atoms with E-state index in [1.165, 1.54) is 0 Å². The van der Waals surface area contributed by atoms with Crippen molar-refractivity contribution in [3.05, 3.63) is 30.0 Å². The molecule has 2 rings (SSSR count). The molecule has 1 aromatic carbocycles. The highest BCUT2D eigenvalue weighted by atomic mass is 16.4. The van der Waals surface area contributed by atoms with Gasteiger partial charge in [-0.3, -0.25) is 0 Å². The maximum atomic E-state index is 8.61. The van der Waals surface area contributed by atoms with E-state index in [4.69, 9.17) is 15.4 Å². The van der Waals surface area contributed by atoms with Crippen LogP contribution in [-0.4, -0.2) is 10.9 Å². The molecule has 4 nitrogen and oxygen atoms in total. The molecule has 0 unspecified atom stereocenters. The molecule has 0 radical (unpaired) electrons. The number of para-hydroxylation sites is 1. The van der Waals surface area contributed by atoms with Crippen LogP contribution < -0.4 is 5.73 Å². The van der Waals surface area contributed by atoms with E-state index in [0.717, 1.165) is 5.39 Å². The summed E-state index contributed by atoms with van der Waals surface area (Å²) in [4.78, 5) is 0. The van der Waals surface area contributed by atoms with Crippen molar-refractivity contribution in [2.45, 2.75) is 6.92 Å². The van der Waals surface area contributed by atoms with Gasteiger partial charge >= 0.3 is 0 Å². The van der Waals surface area contributed by atoms with Crippen molar-refractivity contribution in [3.63, 3.8) is 0 Å². The van der Waals surface area contributed by atoms with E-state index < -0.39 is 0 Å². The van der Waals surface area contributed by atoms with Crippen molar-refractivity contribution in [1.29, 1.82) is 0 Å². The van der Waals surface area contributed by atoms with Gasteiger partial charge in [-0.25, -0.2) is 0 Å². The van der Waals surface area contributed by atoms with Gasteiger partial charge in [0.25, 0.3) is 0 Å². The summed E-state index contributed by atoms with van der Waals surface area (Å²) in [5.41, 5.74) is 7.41. The normalized spacial score (nSPS) is 12.2. The van der Waals surface area contributed by atoms with E-state index in [9.17, 15) is 0 Å². The van der Waals surface area contributed by atoms with Gasteiger partial charge in [0.15, 0.2) is 5.76 Å². The molecule has 0 atom stereocenters. The molecule has 1 heterocycles. The lowest BCUT2D eigenvalue weighted by Gasteiger charge is -1.92. The maximum absolute atomic E-state index is 8.61. The molecule has 0 fully saturated rings. The van der Waals surface area contributed by atoms with E-state index in [0.29, 0.717) is 22.7 Å². The van der Waals surface area contributed by atoms with Crippen LogP contribution in [0.25, 0.3) is 11.0 Å². The maximum Gasteiger partial charge on any atom is 0.175 e. The Labute approximate surface area is 80.6 Å². The quantitative estimate of drug-likeness (QED) is 0.411. The van der Waals surface area contributed by atoms with E-state index >= 15 is 0 Å². The molecule has 0 aliphatic heterocycles. The smallest absolute Gasteiger partial charge is 0.175 e. The largest absolute Gasteiger partial charge is 0.452 e. The van der Waals surface area contributed by atoms with Gasteiger partial charge < -0.3 is 15.4 Å². The second-order valence-corrected chi connectivity index (χ2v) is 3.03. The Morgan fingerprint density at radius 1 is 1.43 bits per heavy atom. The number of fused-ring (bicyclic) bond motifs is 1. The Kier molecular flexibility index (Phi) is 1.89. The third kappa shape index (κ3) is 1.12. The Balaban J connectivity index is 2.75. The van der Waals surface area contributed by atoms with Gasteiger partial charge in [-0.2, -0.15) is 0 Å². The second-order valence-electron chi connectivity index (χ2n) is 3.03. The standard InChI is InChI=1S/C10H10N2O2/c1-6(12-13)10-9(11)7-4-2-3-5-8(7)14-10/h2-5,13H,11H2,1H3/b12-6+. The number of anilines is 1. The number of nitrogen functional groups attached to an aromatic ring is 1. The summed E-state index contributed by atoms with van der Waals surface area (Å²) >= 11 is 0. The van der Waals surface area contributed by atoms with Crippen molar-refractivity contribution < 1.29 is 9.62 Å². The first-order chi connectivity index (χ1) is 6.74. The molecule has 0 spiro atoms. The van der Waals surface area contributed by atoms with Crippen LogP contribution in [0.3, 0.4) is 0 Å². The monoisotopic (exact) mass is 190 g/mol. The molecule has 14 heavy (non-hydrogen) atoms. The van der Waals surface area contributed by atoms with Gasteiger partial charge in [0, 0.05) is 5.39 Å². The van der Waals surface area contributed by atoms with Gasteiger partial charge in [-0.1, -0.05) is 17.3 Å². The van der Waals surface area contributed by atoms with Crippen molar-refractivity contribution in [3.8, 4) is 0 Å². The topological polar surface area (TPSA) is 71.8 Å². The van der Waals surface area contributed by atoms with Crippen LogP contribution in [0.5, 0.6) is 0 Å². The Morgan fingerprint density at radius 2 is 2.14 bits per heavy atom. The van der Waals surface area contributed by atoms with Gasteiger partial charge in [0.05, 0.1) is 5.69 Å². The third-order valence-electron chi connectivity index (χ3n) is 2.11. The highest BCUT2D eigenvalue weighted by Gasteiger charge is 2.13. The van der Waals surface area contributed by atoms with Gasteiger partial charge in [0.2, 0.25) is 0 Å². The first-order valence-electron chi connectivity index (χ1n) is 4.20. The summed E-state index contributed by atoms with van der Waals surface area (Å²) in [6.45, 7) is 1.63. The Hall–Kier alpha value is -1.97. The molecule has 72 valence electrons. The molecule has 0 aliphatic carbocycles. The number of nitrogens with zero attached hydrogens (tertiary/aromatic N) is 1. The van der Waals surface area contributed by atoms with E-state index in [-0.39, 0.29) is 0 Å². The van der Waals surface area contributed by atoms with Crippen molar-refractivity contribution in [1.82, 2.24) is 0 Å². The lowest BCUT2D eigenvalue weighted by atomic mass is 10.2. The highest BCUT2D eigenvalue weighted by molar-refractivity contribution is 6.07. The number of hydrogen-bond donors (Lipinski definition) is 2. The van der Waals surface area contributed by atoms with Crippen LogP contribution >= 0.6 is 0 Å². The molecule has 0 aliphatic rings. The fraction of sp³-hybridized carbons (Fsp3) is 0.100. The minimum atomic E-state index is 0.374. The minimum Gasteiger partial charge on any atom is -0.452 e. The summed E-state index contributed by atoms with van der Waals surface area (Å²) in [6.07, 6.45) is 0. The fourth-order valence-corrected chi connectivity index (χ4v) is 1.38. The zero-order valence-corrected chi connectivity index (χ0v) is 7.69. The first kappa shape index (κ1) is 8.62. The molecule has 3 N–H and O–H groups in total. The molecule has 0 saturated carbocycles. The summed E-state index contributed by atoms with van der Waals surface area (Å²) < 4.78 is 5.44. The second kappa shape index (κ2) is 3.06. The molecule has 0 bridgehead atoms. The summed E-state index contributed by atoms with van der Waals surface area (Å²) in [5, 5.41) is 12.5. The summed E-state index contributed by atoms with van der Waals surface area (Å²) in [7, 11) is 0. The van der Waals surface area contributed by atoms with Crippen LogP contribution in [0.15, 0.2) is 33.8 Å². The molecular weight excluding hydrogens is 180 g/mol. The molecular formula is C10H10N2O2. The number of nitrogens with two attached hydrogens (primary N) is 1. The third-order valence-corrected chi connectivity index (χ3v) is 2.11. The fourth-order valence-electron chi connectivity index (χ4n) is 1.38. The predicted octanol–water partition coefficient (Wildman–Crippen LogP) is 2.21. The number of oxime groups is 1. The van der Waals surface area contributed by atoms with Crippen molar-refractivity contribution in [2.75, 3.05) is 5.73 Å². The molecule has 4 heteroatoms.